The molecule has 0 radical (unpaired) electrons. The van der Waals surface area contributed by atoms with Gasteiger partial charge in [0.15, 0.2) is 0 Å². The zero-order chi connectivity index (χ0) is 13.2. The molecule has 1 aliphatic rings. The fraction of sp³-hybridized carbons (Fsp3) is 0.571. The fourth-order valence-electron chi connectivity index (χ4n) is 2.69. The first kappa shape index (κ1) is 14.0. The van der Waals surface area contributed by atoms with Gasteiger partial charge >= 0.3 is 0 Å². The van der Waals surface area contributed by atoms with Crippen LogP contribution in [0, 0.1) is 5.82 Å². The minimum absolute atomic E-state index is 0.122. The van der Waals surface area contributed by atoms with Crippen molar-refractivity contribution >= 4 is 15.9 Å². The lowest BCUT2D eigenvalue weighted by atomic mass is 9.72. The molecule has 0 spiro atoms. The summed E-state index contributed by atoms with van der Waals surface area (Å²) in [4.78, 5) is 0. The third-order valence-corrected chi connectivity index (χ3v) is 4.52. The van der Waals surface area contributed by atoms with E-state index in [1.807, 2.05) is 13.1 Å². The van der Waals surface area contributed by atoms with Crippen LogP contribution in [0.3, 0.4) is 0 Å². The van der Waals surface area contributed by atoms with Gasteiger partial charge in [-0.15, -0.1) is 0 Å². The molecule has 1 N–H and O–H groups in total. The zero-order valence-electron chi connectivity index (χ0n) is 10.8. The Kier molecular flexibility index (Phi) is 4.41. The molecule has 0 aromatic heterocycles. The van der Waals surface area contributed by atoms with Crippen LogP contribution in [0.1, 0.15) is 24.8 Å². The molecule has 100 valence electrons. The summed E-state index contributed by atoms with van der Waals surface area (Å²) < 4.78 is 20.4. The van der Waals surface area contributed by atoms with Crippen molar-refractivity contribution in [2.75, 3.05) is 14.2 Å². The number of halogens is 2. The molecule has 0 saturated heterocycles. The summed E-state index contributed by atoms with van der Waals surface area (Å²) >= 11 is 3.39. The number of likely N-dealkylation sites (N-methyl/N-ethyl adjacent to an activating group) is 1. The molecule has 1 fully saturated rings. The lowest BCUT2D eigenvalue weighted by Crippen LogP contribution is -2.56. The lowest BCUT2D eigenvalue weighted by molar-refractivity contribution is -0.0967. The van der Waals surface area contributed by atoms with Gasteiger partial charge in [-0.05, 0) is 56.5 Å². The van der Waals surface area contributed by atoms with E-state index in [2.05, 4.69) is 21.2 Å². The number of methoxy groups -OCH3 is 1. The molecule has 0 amide bonds. The van der Waals surface area contributed by atoms with Crippen molar-refractivity contribution in [3.8, 4) is 0 Å². The SMILES string of the molecule is CNC(Cc1cc(Br)ccc1F)C1(OC)CCC1. The van der Waals surface area contributed by atoms with E-state index in [1.54, 1.807) is 13.2 Å². The Balaban J connectivity index is 2.17. The Morgan fingerprint density at radius 3 is 2.72 bits per heavy atom. The van der Waals surface area contributed by atoms with Crippen molar-refractivity contribution in [3.63, 3.8) is 0 Å². The number of hydrogen-bond donors (Lipinski definition) is 1. The predicted molar refractivity (Wildman–Crippen MR) is 74.2 cm³/mol. The summed E-state index contributed by atoms with van der Waals surface area (Å²) in [5.41, 5.74) is 0.607. The molecular weight excluding hydrogens is 297 g/mol. The summed E-state index contributed by atoms with van der Waals surface area (Å²) in [6, 6.07) is 5.23. The molecule has 1 atom stereocenters. The number of hydrogen-bond acceptors (Lipinski definition) is 2. The summed E-state index contributed by atoms with van der Waals surface area (Å²) in [5.74, 6) is -0.149. The maximum atomic E-state index is 13.8. The van der Waals surface area contributed by atoms with Gasteiger partial charge in [0.2, 0.25) is 0 Å². The molecule has 0 heterocycles. The Hall–Kier alpha value is -0.450. The summed E-state index contributed by atoms with van der Waals surface area (Å²) in [5, 5.41) is 3.28. The van der Waals surface area contributed by atoms with E-state index in [9.17, 15) is 4.39 Å². The Morgan fingerprint density at radius 2 is 2.22 bits per heavy atom. The van der Waals surface area contributed by atoms with Crippen LogP contribution in [0.15, 0.2) is 22.7 Å². The van der Waals surface area contributed by atoms with Gasteiger partial charge in [-0.25, -0.2) is 4.39 Å². The summed E-state index contributed by atoms with van der Waals surface area (Å²) in [6.45, 7) is 0. The van der Waals surface area contributed by atoms with Gasteiger partial charge in [0.05, 0.1) is 5.60 Å². The van der Waals surface area contributed by atoms with Crippen LogP contribution in [0.2, 0.25) is 0 Å². The average Bonchev–Trinajstić information content (AvgIpc) is 2.31. The number of benzene rings is 1. The molecular formula is C14H19BrFNO. The fourth-order valence-corrected chi connectivity index (χ4v) is 3.10. The topological polar surface area (TPSA) is 21.3 Å². The van der Waals surface area contributed by atoms with Gasteiger partial charge in [0.1, 0.15) is 5.82 Å². The first-order chi connectivity index (χ1) is 8.61. The molecule has 18 heavy (non-hydrogen) atoms. The van der Waals surface area contributed by atoms with E-state index in [-0.39, 0.29) is 17.5 Å². The minimum atomic E-state index is -0.149. The number of rotatable bonds is 5. The molecule has 2 rings (SSSR count). The summed E-state index contributed by atoms with van der Waals surface area (Å²) in [6.07, 6.45) is 3.93. The Labute approximate surface area is 116 Å². The average molecular weight is 316 g/mol. The van der Waals surface area contributed by atoms with Crippen LogP contribution in [-0.4, -0.2) is 25.8 Å². The van der Waals surface area contributed by atoms with Crippen molar-refractivity contribution in [1.29, 1.82) is 0 Å². The van der Waals surface area contributed by atoms with E-state index in [1.165, 1.54) is 12.5 Å². The van der Waals surface area contributed by atoms with E-state index in [4.69, 9.17) is 4.74 Å². The zero-order valence-corrected chi connectivity index (χ0v) is 12.4. The standard InChI is InChI=1S/C14H19BrFNO/c1-17-13(14(18-2)6-3-7-14)9-10-8-11(15)4-5-12(10)16/h4-5,8,13,17H,3,6-7,9H2,1-2H3. The van der Waals surface area contributed by atoms with Gasteiger partial charge in [0, 0.05) is 17.6 Å². The van der Waals surface area contributed by atoms with Crippen LogP contribution in [0.4, 0.5) is 4.39 Å². The van der Waals surface area contributed by atoms with Gasteiger partial charge < -0.3 is 10.1 Å². The van der Waals surface area contributed by atoms with Gasteiger partial charge in [-0.2, -0.15) is 0 Å². The normalized spacial score (nSPS) is 19.3. The van der Waals surface area contributed by atoms with Gasteiger partial charge in [-0.3, -0.25) is 0 Å². The van der Waals surface area contributed by atoms with Crippen molar-refractivity contribution in [2.45, 2.75) is 37.3 Å². The third-order valence-electron chi connectivity index (χ3n) is 4.02. The van der Waals surface area contributed by atoms with Gasteiger partial charge in [0.25, 0.3) is 0 Å². The molecule has 1 aromatic carbocycles. The van der Waals surface area contributed by atoms with Crippen LogP contribution < -0.4 is 5.32 Å². The molecule has 1 saturated carbocycles. The Bertz CT molecular complexity index is 415. The maximum Gasteiger partial charge on any atom is 0.126 e. The molecule has 0 aliphatic heterocycles. The van der Waals surface area contributed by atoms with Crippen molar-refractivity contribution in [3.05, 3.63) is 34.1 Å². The van der Waals surface area contributed by atoms with Gasteiger partial charge in [-0.1, -0.05) is 15.9 Å². The first-order valence-corrected chi connectivity index (χ1v) is 7.07. The molecule has 2 nitrogen and oxygen atoms in total. The second kappa shape index (κ2) is 5.68. The van der Waals surface area contributed by atoms with E-state index in [0.29, 0.717) is 6.42 Å². The second-order valence-electron chi connectivity index (χ2n) is 4.90. The highest BCUT2D eigenvalue weighted by Crippen LogP contribution is 2.39. The molecule has 4 heteroatoms. The van der Waals surface area contributed by atoms with Crippen LogP contribution in [0.5, 0.6) is 0 Å². The molecule has 0 bridgehead atoms. The summed E-state index contributed by atoms with van der Waals surface area (Å²) in [7, 11) is 3.67. The molecule has 1 unspecified atom stereocenters. The molecule has 1 aromatic rings. The monoisotopic (exact) mass is 315 g/mol. The molecule has 1 aliphatic carbocycles. The van der Waals surface area contributed by atoms with Crippen molar-refractivity contribution < 1.29 is 9.13 Å². The minimum Gasteiger partial charge on any atom is -0.377 e. The number of nitrogens with one attached hydrogen (secondary N) is 1. The van der Waals surface area contributed by atoms with Crippen LogP contribution >= 0.6 is 15.9 Å². The van der Waals surface area contributed by atoms with Crippen molar-refractivity contribution in [2.24, 2.45) is 0 Å². The largest absolute Gasteiger partial charge is 0.377 e. The smallest absolute Gasteiger partial charge is 0.126 e. The quantitative estimate of drug-likeness (QED) is 0.900. The lowest BCUT2D eigenvalue weighted by Gasteiger charge is -2.46. The second-order valence-corrected chi connectivity index (χ2v) is 5.82. The Morgan fingerprint density at radius 1 is 1.50 bits per heavy atom. The maximum absolute atomic E-state index is 13.8. The van der Waals surface area contributed by atoms with Crippen LogP contribution in [0.25, 0.3) is 0 Å². The van der Waals surface area contributed by atoms with E-state index in [0.717, 1.165) is 22.9 Å². The van der Waals surface area contributed by atoms with Crippen LogP contribution in [-0.2, 0) is 11.2 Å². The third kappa shape index (κ3) is 2.60. The van der Waals surface area contributed by atoms with E-state index >= 15 is 0 Å². The first-order valence-electron chi connectivity index (χ1n) is 6.27. The number of ether oxygens (including phenoxy) is 1. The van der Waals surface area contributed by atoms with E-state index < -0.39 is 0 Å². The predicted octanol–water partition coefficient (Wildman–Crippen LogP) is 3.29. The highest BCUT2D eigenvalue weighted by Gasteiger charge is 2.43. The highest BCUT2D eigenvalue weighted by molar-refractivity contribution is 9.10. The highest BCUT2D eigenvalue weighted by atomic mass is 79.9. The van der Waals surface area contributed by atoms with Crippen molar-refractivity contribution in [1.82, 2.24) is 5.32 Å².